The standard InChI is InChI=1S/C22H28N2O3/c1-3-22(14-25)18-13-24(16-7-5-4-6-8-16)12-17(18)21(23-22)15-9-10-20(27-2)19(26)11-15/h4-11,17-18,21,23,25-26H,3,12-14H2,1-2H3/t17-,18+,21-,22+/m1/s1. The summed E-state index contributed by atoms with van der Waals surface area (Å²) in [5, 5.41) is 24.3. The normalized spacial score (nSPS) is 29.7. The van der Waals surface area contributed by atoms with Crippen LogP contribution in [0.1, 0.15) is 24.9 Å². The van der Waals surface area contributed by atoms with Gasteiger partial charge in [-0.3, -0.25) is 0 Å². The number of aromatic hydroxyl groups is 1. The molecule has 144 valence electrons. The van der Waals surface area contributed by atoms with Gasteiger partial charge in [-0.25, -0.2) is 0 Å². The zero-order chi connectivity index (χ0) is 19.0. The van der Waals surface area contributed by atoms with Crippen LogP contribution in [0.4, 0.5) is 5.69 Å². The molecule has 27 heavy (non-hydrogen) atoms. The van der Waals surface area contributed by atoms with Gasteiger partial charge in [0.25, 0.3) is 0 Å². The molecule has 0 saturated carbocycles. The van der Waals surface area contributed by atoms with Gasteiger partial charge in [-0.15, -0.1) is 0 Å². The van der Waals surface area contributed by atoms with E-state index in [9.17, 15) is 10.2 Å². The fourth-order valence-corrected chi connectivity index (χ4v) is 4.99. The zero-order valence-electron chi connectivity index (χ0n) is 15.9. The van der Waals surface area contributed by atoms with Crippen LogP contribution in [0.15, 0.2) is 48.5 Å². The van der Waals surface area contributed by atoms with Gasteiger partial charge < -0.3 is 25.2 Å². The first-order chi connectivity index (χ1) is 13.1. The van der Waals surface area contributed by atoms with E-state index in [-0.39, 0.29) is 23.9 Å². The van der Waals surface area contributed by atoms with Crippen molar-refractivity contribution in [1.82, 2.24) is 5.32 Å². The summed E-state index contributed by atoms with van der Waals surface area (Å²) < 4.78 is 5.19. The maximum absolute atomic E-state index is 10.3. The average molecular weight is 368 g/mol. The van der Waals surface area contributed by atoms with E-state index < -0.39 is 0 Å². The van der Waals surface area contributed by atoms with E-state index in [1.807, 2.05) is 18.2 Å². The average Bonchev–Trinajstić information content (AvgIpc) is 3.27. The van der Waals surface area contributed by atoms with Gasteiger partial charge >= 0.3 is 0 Å². The van der Waals surface area contributed by atoms with E-state index in [4.69, 9.17) is 4.74 Å². The molecule has 0 aliphatic carbocycles. The van der Waals surface area contributed by atoms with Crippen LogP contribution in [0, 0.1) is 11.8 Å². The number of nitrogens with one attached hydrogen (secondary N) is 1. The second kappa shape index (κ2) is 7.06. The van der Waals surface area contributed by atoms with E-state index in [2.05, 4.69) is 41.4 Å². The van der Waals surface area contributed by atoms with Crippen molar-refractivity contribution in [3.8, 4) is 11.5 Å². The summed E-state index contributed by atoms with van der Waals surface area (Å²) in [6.45, 7) is 4.11. The third-order valence-electron chi connectivity index (χ3n) is 6.54. The predicted octanol–water partition coefficient (Wildman–Crippen LogP) is 2.94. The summed E-state index contributed by atoms with van der Waals surface area (Å²) in [7, 11) is 1.56. The highest BCUT2D eigenvalue weighted by Crippen LogP contribution is 2.49. The van der Waals surface area contributed by atoms with E-state index >= 15 is 0 Å². The largest absolute Gasteiger partial charge is 0.504 e. The number of hydrogen-bond acceptors (Lipinski definition) is 5. The zero-order valence-corrected chi connectivity index (χ0v) is 15.9. The molecule has 0 spiro atoms. The van der Waals surface area contributed by atoms with Crippen molar-refractivity contribution in [2.24, 2.45) is 11.8 Å². The number of methoxy groups -OCH3 is 1. The van der Waals surface area contributed by atoms with Crippen LogP contribution < -0.4 is 15.0 Å². The molecule has 0 radical (unpaired) electrons. The highest BCUT2D eigenvalue weighted by atomic mass is 16.5. The van der Waals surface area contributed by atoms with E-state index in [0.717, 1.165) is 25.1 Å². The molecule has 2 heterocycles. The van der Waals surface area contributed by atoms with Crippen molar-refractivity contribution in [1.29, 1.82) is 0 Å². The number of anilines is 1. The SMILES string of the molecule is CC[C@@]1(CO)N[C@H](c2ccc(OC)c(O)c2)[C@@H]2CN(c3ccccc3)C[C@@H]21. The lowest BCUT2D eigenvalue weighted by Crippen LogP contribution is -2.50. The summed E-state index contributed by atoms with van der Waals surface area (Å²) >= 11 is 0. The van der Waals surface area contributed by atoms with Crippen molar-refractivity contribution in [2.75, 3.05) is 31.7 Å². The maximum Gasteiger partial charge on any atom is 0.160 e. The van der Waals surface area contributed by atoms with Crippen molar-refractivity contribution in [3.63, 3.8) is 0 Å². The molecule has 0 amide bonds. The molecule has 5 heteroatoms. The first kappa shape index (κ1) is 18.1. The van der Waals surface area contributed by atoms with Gasteiger partial charge in [0, 0.05) is 42.2 Å². The molecule has 2 aliphatic rings. The van der Waals surface area contributed by atoms with Gasteiger partial charge in [0.2, 0.25) is 0 Å². The molecule has 0 bridgehead atoms. The van der Waals surface area contributed by atoms with Gasteiger partial charge in [-0.2, -0.15) is 0 Å². The summed E-state index contributed by atoms with van der Waals surface area (Å²) in [5.74, 6) is 1.35. The first-order valence-corrected chi connectivity index (χ1v) is 9.67. The van der Waals surface area contributed by atoms with Crippen molar-refractivity contribution in [3.05, 3.63) is 54.1 Å². The number of ether oxygens (including phenoxy) is 1. The Labute approximate surface area is 160 Å². The number of fused-ring (bicyclic) bond motifs is 1. The summed E-state index contributed by atoms with van der Waals surface area (Å²) in [5.41, 5.74) is 1.97. The minimum atomic E-state index is -0.297. The van der Waals surface area contributed by atoms with Crippen LogP contribution in [0.2, 0.25) is 0 Å². The Bertz CT molecular complexity index is 791. The molecule has 3 N–H and O–H groups in total. The van der Waals surface area contributed by atoms with Gasteiger partial charge in [0.15, 0.2) is 11.5 Å². The van der Waals surface area contributed by atoms with Crippen LogP contribution in [0.5, 0.6) is 11.5 Å². The first-order valence-electron chi connectivity index (χ1n) is 9.67. The van der Waals surface area contributed by atoms with Crippen LogP contribution >= 0.6 is 0 Å². The number of aliphatic hydroxyl groups excluding tert-OH is 1. The van der Waals surface area contributed by atoms with Crippen molar-refractivity contribution in [2.45, 2.75) is 24.9 Å². The van der Waals surface area contributed by atoms with E-state index in [1.165, 1.54) is 5.69 Å². The topological polar surface area (TPSA) is 65.0 Å². The van der Waals surface area contributed by atoms with E-state index in [1.54, 1.807) is 13.2 Å². The van der Waals surface area contributed by atoms with Crippen LogP contribution in [-0.2, 0) is 0 Å². The Morgan fingerprint density at radius 2 is 1.96 bits per heavy atom. The van der Waals surface area contributed by atoms with Crippen LogP contribution in [0.3, 0.4) is 0 Å². The number of aliphatic hydroxyl groups is 1. The monoisotopic (exact) mass is 368 g/mol. The highest BCUT2D eigenvalue weighted by Gasteiger charge is 2.56. The lowest BCUT2D eigenvalue weighted by Gasteiger charge is -2.34. The molecule has 0 aromatic heterocycles. The Morgan fingerprint density at radius 1 is 1.19 bits per heavy atom. The molecular weight excluding hydrogens is 340 g/mol. The third kappa shape index (κ3) is 2.95. The number of phenolic OH excluding ortho intramolecular Hbond substituents is 1. The van der Waals surface area contributed by atoms with Crippen LogP contribution in [0.25, 0.3) is 0 Å². The molecule has 5 nitrogen and oxygen atoms in total. The lowest BCUT2D eigenvalue weighted by atomic mass is 9.79. The number of para-hydroxylation sites is 1. The minimum absolute atomic E-state index is 0.0904. The number of phenols is 1. The molecule has 2 aromatic carbocycles. The molecule has 2 saturated heterocycles. The number of rotatable bonds is 5. The van der Waals surface area contributed by atoms with E-state index in [0.29, 0.717) is 17.6 Å². The second-order valence-corrected chi connectivity index (χ2v) is 7.73. The van der Waals surface area contributed by atoms with Gasteiger partial charge in [-0.1, -0.05) is 31.2 Å². The fraction of sp³-hybridized carbons (Fsp3) is 0.455. The number of benzene rings is 2. The van der Waals surface area contributed by atoms with Crippen molar-refractivity contribution < 1.29 is 14.9 Å². The molecular formula is C22H28N2O3. The van der Waals surface area contributed by atoms with Crippen LogP contribution in [-0.4, -0.2) is 42.6 Å². The van der Waals surface area contributed by atoms with Gasteiger partial charge in [-0.05, 0) is 36.2 Å². The second-order valence-electron chi connectivity index (χ2n) is 7.73. The Kier molecular flexibility index (Phi) is 4.74. The summed E-state index contributed by atoms with van der Waals surface area (Å²) in [4.78, 5) is 2.42. The Hall–Kier alpha value is -2.24. The number of hydrogen-bond donors (Lipinski definition) is 3. The molecule has 2 fully saturated rings. The third-order valence-corrected chi connectivity index (χ3v) is 6.54. The molecule has 0 unspecified atom stereocenters. The summed E-state index contributed by atoms with van der Waals surface area (Å²) in [6.07, 6.45) is 0.867. The fourth-order valence-electron chi connectivity index (χ4n) is 4.99. The molecule has 4 rings (SSSR count). The summed E-state index contributed by atoms with van der Waals surface area (Å²) in [6, 6.07) is 16.2. The molecule has 2 aliphatic heterocycles. The van der Waals surface area contributed by atoms with Gasteiger partial charge in [0.1, 0.15) is 0 Å². The predicted molar refractivity (Wildman–Crippen MR) is 106 cm³/mol. The highest BCUT2D eigenvalue weighted by molar-refractivity contribution is 5.49. The lowest BCUT2D eigenvalue weighted by molar-refractivity contribution is 0.133. The molecule has 4 atom stereocenters. The maximum atomic E-state index is 10.3. The Balaban J connectivity index is 1.68. The minimum Gasteiger partial charge on any atom is -0.504 e. The Morgan fingerprint density at radius 3 is 2.59 bits per heavy atom. The molecule has 2 aromatic rings. The number of nitrogens with zero attached hydrogens (tertiary/aromatic N) is 1. The van der Waals surface area contributed by atoms with Crippen molar-refractivity contribution >= 4 is 5.69 Å². The van der Waals surface area contributed by atoms with Gasteiger partial charge in [0.05, 0.1) is 13.7 Å². The quantitative estimate of drug-likeness (QED) is 0.757. The smallest absolute Gasteiger partial charge is 0.160 e.